The van der Waals surface area contributed by atoms with Crippen LogP contribution in [0.4, 0.5) is 0 Å². The Kier molecular flexibility index (Phi) is 4.42. The lowest BCUT2D eigenvalue weighted by atomic mass is 9.77. The van der Waals surface area contributed by atoms with E-state index >= 15 is 0 Å². The smallest absolute Gasteiger partial charge is 0.427 e. The van der Waals surface area contributed by atoms with Crippen LogP contribution in [0.3, 0.4) is 0 Å². The number of hydrogen-bond acceptors (Lipinski definition) is 4. The highest BCUT2D eigenvalue weighted by atomic mass is 16.7. The largest absolute Gasteiger partial charge is 0.498 e. The first-order valence-electron chi connectivity index (χ1n) is 8.02. The molecule has 23 heavy (non-hydrogen) atoms. The van der Waals surface area contributed by atoms with E-state index < -0.39 is 23.7 Å². The van der Waals surface area contributed by atoms with Crippen LogP contribution in [0, 0.1) is 12.3 Å². The summed E-state index contributed by atoms with van der Waals surface area (Å²) < 4.78 is 17.8. The molecule has 0 radical (unpaired) electrons. The minimum atomic E-state index is -0.571. The van der Waals surface area contributed by atoms with E-state index in [1.165, 1.54) is 0 Å². The van der Waals surface area contributed by atoms with E-state index in [4.69, 9.17) is 14.0 Å². The first kappa shape index (κ1) is 18.0. The lowest BCUT2D eigenvalue weighted by Crippen LogP contribution is -2.41. The zero-order valence-corrected chi connectivity index (χ0v) is 15.4. The molecule has 0 bridgehead atoms. The molecule has 1 aliphatic heterocycles. The summed E-state index contributed by atoms with van der Waals surface area (Å²) in [5, 5.41) is 0. The third-order valence-electron chi connectivity index (χ3n) is 4.49. The third kappa shape index (κ3) is 3.61. The summed E-state index contributed by atoms with van der Waals surface area (Å²) in [6.45, 7) is 15.5. The van der Waals surface area contributed by atoms with Gasteiger partial charge in [-0.15, -0.1) is 0 Å². The lowest BCUT2D eigenvalue weighted by Gasteiger charge is -2.32. The monoisotopic (exact) mass is 318 g/mol. The van der Waals surface area contributed by atoms with Crippen molar-refractivity contribution in [1.29, 1.82) is 0 Å². The third-order valence-corrected chi connectivity index (χ3v) is 4.49. The number of rotatable bonds is 2. The van der Waals surface area contributed by atoms with Gasteiger partial charge in [-0.1, -0.05) is 17.7 Å². The van der Waals surface area contributed by atoms with Crippen molar-refractivity contribution in [2.24, 2.45) is 5.41 Å². The van der Waals surface area contributed by atoms with Crippen LogP contribution in [0.2, 0.25) is 0 Å². The molecule has 126 valence electrons. The van der Waals surface area contributed by atoms with Crippen molar-refractivity contribution in [1.82, 2.24) is 0 Å². The van der Waals surface area contributed by atoms with E-state index in [0.717, 1.165) is 11.0 Å². The van der Waals surface area contributed by atoms with Gasteiger partial charge in [-0.2, -0.15) is 0 Å². The Morgan fingerprint density at radius 3 is 2.09 bits per heavy atom. The number of hydrogen-bond donors (Lipinski definition) is 0. The van der Waals surface area contributed by atoms with Crippen molar-refractivity contribution >= 4 is 18.6 Å². The highest BCUT2D eigenvalue weighted by Gasteiger charge is 2.52. The van der Waals surface area contributed by atoms with E-state index in [1.54, 1.807) is 6.07 Å². The van der Waals surface area contributed by atoms with Gasteiger partial charge in [0.2, 0.25) is 0 Å². The first-order chi connectivity index (χ1) is 10.3. The van der Waals surface area contributed by atoms with Crippen LogP contribution >= 0.6 is 0 Å². The minimum Gasteiger partial charge on any atom is -0.427 e. The van der Waals surface area contributed by atoms with Crippen LogP contribution in [0.5, 0.6) is 5.75 Å². The summed E-state index contributed by atoms with van der Waals surface area (Å²) in [4.78, 5) is 12.2. The Morgan fingerprint density at radius 2 is 1.61 bits per heavy atom. The molecule has 0 unspecified atom stereocenters. The highest BCUT2D eigenvalue weighted by Crippen LogP contribution is 2.37. The van der Waals surface area contributed by atoms with Gasteiger partial charge in [0.05, 0.1) is 16.6 Å². The molecule has 0 N–H and O–H groups in total. The van der Waals surface area contributed by atoms with Crippen LogP contribution in [0.1, 0.15) is 54.0 Å². The SMILES string of the molecule is Cc1ccc(OC(=O)C(C)(C)C)c(B2OC(C)(C)C(C)(C)O2)c1. The average Bonchev–Trinajstić information content (AvgIpc) is 2.59. The molecule has 1 fully saturated rings. The Labute approximate surface area is 139 Å². The van der Waals surface area contributed by atoms with Crippen molar-refractivity contribution in [3.8, 4) is 5.75 Å². The fourth-order valence-corrected chi connectivity index (χ4v) is 2.17. The van der Waals surface area contributed by atoms with Crippen LogP contribution in [-0.4, -0.2) is 24.3 Å². The fourth-order valence-electron chi connectivity index (χ4n) is 2.17. The summed E-state index contributed by atoms with van der Waals surface area (Å²) in [6.07, 6.45) is 0. The molecule has 1 aromatic carbocycles. The normalized spacial score (nSPS) is 19.7. The minimum absolute atomic E-state index is 0.279. The van der Waals surface area contributed by atoms with Gasteiger partial charge >= 0.3 is 13.1 Å². The van der Waals surface area contributed by atoms with Crippen molar-refractivity contribution in [3.63, 3.8) is 0 Å². The van der Waals surface area contributed by atoms with Gasteiger partial charge in [-0.25, -0.2) is 0 Å². The topological polar surface area (TPSA) is 44.8 Å². The fraction of sp³-hybridized carbons (Fsp3) is 0.611. The Balaban J connectivity index is 2.36. The number of carbonyl (C=O) groups excluding carboxylic acids is 1. The summed E-state index contributed by atoms with van der Waals surface area (Å²) in [5.41, 5.74) is 0.365. The predicted molar refractivity (Wildman–Crippen MR) is 92.0 cm³/mol. The van der Waals surface area contributed by atoms with E-state index in [-0.39, 0.29) is 5.97 Å². The van der Waals surface area contributed by atoms with Crippen molar-refractivity contribution in [3.05, 3.63) is 23.8 Å². The van der Waals surface area contributed by atoms with Gasteiger partial charge in [0.15, 0.2) is 0 Å². The molecule has 5 heteroatoms. The molecule has 0 aromatic heterocycles. The molecule has 2 rings (SSSR count). The van der Waals surface area contributed by atoms with Crippen molar-refractivity contribution in [2.45, 2.75) is 66.6 Å². The quantitative estimate of drug-likeness (QED) is 0.477. The van der Waals surface area contributed by atoms with Crippen LogP contribution in [0.15, 0.2) is 18.2 Å². The first-order valence-corrected chi connectivity index (χ1v) is 8.02. The van der Waals surface area contributed by atoms with E-state index in [0.29, 0.717) is 5.75 Å². The van der Waals surface area contributed by atoms with Gasteiger partial charge in [0.25, 0.3) is 0 Å². The zero-order chi connectivity index (χ0) is 17.6. The van der Waals surface area contributed by atoms with Gasteiger partial charge < -0.3 is 14.0 Å². The molecule has 4 nitrogen and oxygen atoms in total. The van der Waals surface area contributed by atoms with Gasteiger partial charge in [-0.05, 0) is 61.5 Å². The van der Waals surface area contributed by atoms with E-state index in [1.807, 2.05) is 67.5 Å². The molecule has 0 spiro atoms. The van der Waals surface area contributed by atoms with Crippen LogP contribution in [-0.2, 0) is 14.1 Å². The van der Waals surface area contributed by atoms with Gasteiger partial charge in [-0.3, -0.25) is 4.79 Å². The van der Waals surface area contributed by atoms with Crippen molar-refractivity contribution < 1.29 is 18.8 Å². The number of aryl methyl sites for hydroxylation is 1. The standard InChI is InChI=1S/C18H27BO4/c1-12-9-10-14(21-15(20)16(2,3)4)13(11-12)19-22-17(5,6)18(7,8)23-19/h9-11H,1-8H3. The zero-order valence-electron chi connectivity index (χ0n) is 15.4. The molecule has 1 aromatic rings. The van der Waals surface area contributed by atoms with E-state index in [9.17, 15) is 4.79 Å². The number of ether oxygens (including phenoxy) is 1. The Morgan fingerprint density at radius 1 is 1.09 bits per heavy atom. The Bertz CT molecular complexity index is 598. The molecule has 1 heterocycles. The highest BCUT2D eigenvalue weighted by molar-refractivity contribution is 6.63. The predicted octanol–water partition coefficient (Wildman–Crippen LogP) is 3.25. The summed E-state index contributed by atoms with van der Waals surface area (Å²) >= 11 is 0. The Hall–Kier alpha value is -1.33. The maximum Gasteiger partial charge on any atom is 0.498 e. The van der Waals surface area contributed by atoms with Crippen molar-refractivity contribution in [2.75, 3.05) is 0 Å². The second-order valence-electron chi connectivity index (χ2n) is 8.27. The summed E-state index contributed by atoms with van der Waals surface area (Å²) in [6, 6.07) is 5.67. The maximum atomic E-state index is 12.2. The van der Waals surface area contributed by atoms with Crippen LogP contribution < -0.4 is 10.2 Å². The van der Waals surface area contributed by atoms with E-state index in [2.05, 4.69) is 0 Å². The number of benzene rings is 1. The summed E-state index contributed by atoms with van der Waals surface area (Å²) in [5.74, 6) is 0.216. The van der Waals surface area contributed by atoms with Crippen LogP contribution in [0.25, 0.3) is 0 Å². The molecular formula is C18H27BO4. The molecule has 0 amide bonds. The molecule has 0 saturated carbocycles. The maximum absolute atomic E-state index is 12.2. The number of carbonyl (C=O) groups is 1. The molecule has 1 saturated heterocycles. The molecular weight excluding hydrogens is 291 g/mol. The van der Waals surface area contributed by atoms with Gasteiger partial charge in [0.1, 0.15) is 5.75 Å². The second kappa shape index (κ2) is 5.64. The summed E-state index contributed by atoms with van der Waals surface area (Å²) in [7, 11) is -0.553. The average molecular weight is 318 g/mol. The molecule has 0 aliphatic carbocycles. The van der Waals surface area contributed by atoms with Gasteiger partial charge in [0, 0.05) is 5.46 Å². The molecule has 1 aliphatic rings. The number of esters is 1. The lowest BCUT2D eigenvalue weighted by molar-refractivity contribution is -0.142. The second-order valence-corrected chi connectivity index (χ2v) is 8.27. The molecule has 0 atom stereocenters.